The molecule has 0 spiro atoms. The first kappa shape index (κ1) is 14.2. The zero-order valence-corrected chi connectivity index (χ0v) is 11.2. The second kappa shape index (κ2) is 6.74. The second-order valence-electron chi connectivity index (χ2n) is 4.33. The Balaban J connectivity index is 2.31. The van der Waals surface area contributed by atoms with Crippen molar-refractivity contribution in [3.8, 4) is 0 Å². The van der Waals surface area contributed by atoms with Crippen molar-refractivity contribution >= 4 is 23.8 Å². The highest BCUT2D eigenvalue weighted by Crippen LogP contribution is 2.21. The van der Waals surface area contributed by atoms with E-state index in [9.17, 15) is 9.59 Å². The third kappa shape index (κ3) is 4.46. The van der Waals surface area contributed by atoms with Crippen molar-refractivity contribution in [2.45, 2.75) is 25.3 Å². The Labute approximate surface area is 106 Å². The van der Waals surface area contributed by atoms with E-state index in [2.05, 4.69) is 0 Å². The van der Waals surface area contributed by atoms with Crippen molar-refractivity contribution in [3.63, 3.8) is 0 Å². The number of rotatable bonds is 5. The van der Waals surface area contributed by atoms with Crippen molar-refractivity contribution in [2.24, 2.45) is 0 Å². The predicted octanol–water partition coefficient (Wildman–Crippen LogP) is 1.34. The number of thioether (sulfide) groups is 1. The number of carbonyl (C=O) groups is 2. The summed E-state index contributed by atoms with van der Waals surface area (Å²) in [6.07, 6.45) is 1.67. The maximum atomic E-state index is 12.0. The number of nitrogens with zero attached hydrogens (tertiary/aromatic N) is 2. The summed E-state index contributed by atoms with van der Waals surface area (Å²) in [4.78, 5) is 25.8. The van der Waals surface area contributed by atoms with Crippen LogP contribution in [0.25, 0.3) is 0 Å². The molecule has 1 saturated heterocycles. The van der Waals surface area contributed by atoms with Gasteiger partial charge in [0.2, 0.25) is 0 Å². The fraction of sp³-hybridized carbons (Fsp3) is 0.818. The van der Waals surface area contributed by atoms with Gasteiger partial charge in [-0.1, -0.05) is 0 Å². The Bertz CT molecular complexity index is 280. The van der Waals surface area contributed by atoms with Gasteiger partial charge in [0.25, 0.3) is 0 Å². The molecule has 0 aromatic rings. The summed E-state index contributed by atoms with van der Waals surface area (Å²) in [6, 6.07) is 0.317. The third-order valence-electron chi connectivity index (χ3n) is 2.97. The zero-order chi connectivity index (χ0) is 12.8. The van der Waals surface area contributed by atoms with Gasteiger partial charge in [-0.2, -0.15) is 11.8 Å². The molecular formula is C11H20N2O3S. The largest absolute Gasteiger partial charge is 0.481 e. The maximum Gasteiger partial charge on any atom is 0.319 e. The van der Waals surface area contributed by atoms with E-state index < -0.39 is 5.97 Å². The van der Waals surface area contributed by atoms with Crippen LogP contribution in [-0.4, -0.2) is 65.1 Å². The molecule has 0 aliphatic carbocycles. The minimum atomic E-state index is -0.814. The first-order chi connectivity index (χ1) is 8.02. The first-order valence-electron chi connectivity index (χ1n) is 5.80. The van der Waals surface area contributed by atoms with Crippen LogP contribution in [0.1, 0.15) is 19.3 Å². The van der Waals surface area contributed by atoms with Gasteiger partial charge in [0.1, 0.15) is 0 Å². The molecule has 98 valence electrons. The van der Waals surface area contributed by atoms with Crippen molar-refractivity contribution in [1.29, 1.82) is 0 Å². The molecule has 1 aliphatic heterocycles. The number of carbonyl (C=O) groups excluding carboxylic acids is 1. The summed E-state index contributed by atoms with van der Waals surface area (Å²) in [5, 5.41) is 8.53. The van der Waals surface area contributed by atoms with Gasteiger partial charge in [-0.05, 0) is 18.6 Å². The van der Waals surface area contributed by atoms with Crippen LogP contribution in [0, 0.1) is 0 Å². The monoisotopic (exact) mass is 260 g/mol. The summed E-state index contributed by atoms with van der Waals surface area (Å²) >= 11 is 1.87. The van der Waals surface area contributed by atoms with E-state index in [0.29, 0.717) is 19.0 Å². The number of urea groups is 1. The number of aliphatic carboxylic acids is 1. The molecule has 1 N–H and O–H groups in total. The standard InChI is InChI=1S/C11H20N2O3S/c1-12(6-3-4-10(14)15)11(16)13(2)9-5-7-17-8-9/h9H,3-8H2,1-2H3,(H,14,15). The van der Waals surface area contributed by atoms with Gasteiger partial charge in [0.15, 0.2) is 0 Å². The number of carboxylic acids is 1. The number of hydrogen-bond donors (Lipinski definition) is 1. The van der Waals surface area contributed by atoms with Crippen LogP contribution in [0.2, 0.25) is 0 Å². The molecule has 2 amide bonds. The lowest BCUT2D eigenvalue weighted by molar-refractivity contribution is -0.137. The number of amides is 2. The molecule has 0 aromatic carbocycles. The molecular weight excluding hydrogens is 240 g/mol. The lowest BCUT2D eigenvalue weighted by atomic mass is 10.2. The topological polar surface area (TPSA) is 60.9 Å². The Morgan fingerprint density at radius 3 is 2.65 bits per heavy atom. The highest BCUT2D eigenvalue weighted by atomic mass is 32.2. The molecule has 1 rings (SSSR count). The summed E-state index contributed by atoms with van der Waals surface area (Å²) in [7, 11) is 3.55. The summed E-state index contributed by atoms with van der Waals surface area (Å²) in [6.45, 7) is 0.495. The van der Waals surface area contributed by atoms with Crippen molar-refractivity contribution in [3.05, 3.63) is 0 Å². The van der Waals surface area contributed by atoms with Gasteiger partial charge in [-0.25, -0.2) is 4.79 Å². The van der Waals surface area contributed by atoms with E-state index >= 15 is 0 Å². The molecule has 1 unspecified atom stereocenters. The van der Waals surface area contributed by atoms with Gasteiger partial charge in [-0.15, -0.1) is 0 Å². The molecule has 1 atom stereocenters. The van der Waals surface area contributed by atoms with Crippen LogP contribution in [0.15, 0.2) is 0 Å². The van der Waals surface area contributed by atoms with Crippen LogP contribution in [0.5, 0.6) is 0 Å². The number of hydrogen-bond acceptors (Lipinski definition) is 3. The van der Waals surface area contributed by atoms with Crippen molar-refractivity contribution in [2.75, 3.05) is 32.1 Å². The molecule has 1 fully saturated rings. The van der Waals surface area contributed by atoms with Crippen molar-refractivity contribution in [1.82, 2.24) is 9.80 Å². The van der Waals surface area contributed by atoms with E-state index in [1.807, 2.05) is 18.8 Å². The minimum Gasteiger partial charge on any atom is -0.481 e. The van der Waals surface area contributed by atoms with Crippen LogP contribution in [-0.2, 0) is 4.79 Å². The normalized spacial score (nSPS) is 19.1. The predicted molar refractivity (Wildman–Crippen MR) is 68.4 cm³/mol. The van der Waals surface area contributed by atoms with E-state index in [1.165, 1.54) is 0 Å². The van der Waals surface area contributed by atoms with E-state index in [4.69, 9.17) is 5.11 Å². The van der Waals surface area contributed by atoms with Gasteiger partial charge in [-0.3, -0.25) is 4.79 Å². The molecule has 1 aliphatic rings. The second-order valence-corrected chi connectivity index (χ2v) is 5.48. The van der Waals surface area contributed by atoms with Crippen LogP contribution in [0.3, 0.4) is 0 Å². The molecule has 0 radical (unpaired) electrons. The summed E-state index contributed by atoms with van der Waals surface area (Å²) in [5.41, 5.74) is 0. The summed E-state index contributed by atoms with van der Waals surface area (Å²) in [5.74, 6) is 1.31. The molecule has 0 bridgehead atoms. The highest BCUT2D eigenvalue weighted by Gasteiger charge is 2.25. The molecule has 6 heteroatoms. The molecule has 0 aromatic heterocycles. The average molecular weight is 260 g/mol. The van der Waals surface area contributed by atoms with E-state index in [0.717, 1.165) is 17.9 Å². The average Bonchev–Trinajstić information content (AvgIpc) is 2.79. The van der Waals surface area contributed by atoms with E-state index in [-0.39, 0.29) is 12.5 Å². The Morgan fingerprint density at radius 1 is 1.41 bits per heavy atom. The van der Waals surface area contributed by atoms with Gasteiger partial charge in [0.05, 0.1) is 0 Å². The van der Waals surface area contributed by atoms with Crippen molar-refractivity contribution < 1.29 is 14.7 Å². The Kier molecular flexibility index (Phi) is 5.61. The fourth-order valence-corrected chi connectivity index (χ4v) is 3.08. The highest BCUT2D eigenvalue weighted by molar-refractivity contribution is 7.99. The lowest BCUT2D eigenvalue weighted by Crippen LogP contribution is -2.44. The number of carboxylic acid groups (broad SMARTS) is 1. The molecule has 1 heterocycles. The molecule has 17 heavy (non-hydrogen) atoms. The Hall–Kier alpha value is -0.910. The quantitative estimate of drug-likeness (QED) is 0.810. The molecule has 0 saturated carbocycles. The zero-order valence-electron chi connectivity index (χ0n) is 10.4. The summed E-state index contributed by atoms with van der Waals surface area (Å²) < 4.78 is 0. The van der Waals surface area contributed by atoms with E-state index in [1.54, 1.807) is 16.8 Å². The first-order valence-corrected chi connectivity index (χ1v) is 6.95. The van der Waals surface area contributed by atoms with Crippen LogP contribution >= 0.6 is 11.8 Å². The SMILES string of the molecule is CN(CCCC(=O)O)C(=O)N(C)C1CCSC1. The van der Waals surface area contributed by atoms with Crippen LogP contribution < -0.4 is 0 Å². The van der Waals surface area contributed by atoms with Gasteiger partial charge < -0.3 is 14.9 Å². The van der Waals surface area contributed by atoms with Gasteiger partial charge in [0, 0.05) is 38.9 Å². The molecule has 5 nitrogen and oxygen atoms in total. The fourth-order valence-electron chi connectivity index (χ4n) is 1.82. The minimum absolute atomic E-state index is 0.0112. The van der Waals surface area contributed by atoms with Gasteiger partial charge >= 0.3 is 12.0 Å². The lowest BCUT2D eigenvalue weighted by Gasteiger charge is -2.29. The smallest absolute Gasteiger partial charge is 0.319 e. The van der Waals surface area contributed by atoms with Crippen LogP contribution in [0.4, 0.5) is 4.79 Å². The maximum absolute atomic E-state index is 12.0. The third-order valence-corrected chi connectivity index (χ3v) is 4.11. The Morgan fingerprint density at radius 2 is 2.12 bits per heavy atom.